The minimum Gasteiger partial charge on any atom is -0.462 e. The highest BCUT2D eigenvalue weighted by molar-refractivity contribution is 5.75. The minimum absolute atomic E-state index is 0.0279. The molecule has 0 radical (unpaired) electrons. The second-order valence-corrected chi connectivity index (χ2v) is 11.3. The third-order valence-electron chi connectivity index (χ3n) is 5.17. The molecule has 1 unspecified atom stereocenters. The lowest BCUT2D eigenvalue weighted by Gasteiger charge is -2.48. The zero-order valence-corrected chi connectivity index (χ0v) is 20.0. The molecule has 3 aliphatic rings. The molecule has 6 atom stereocenters. The molecule has 3 heterocycles. The van der Waals surface area contributed by atoms with Crippen LogP contribution >= 0.6 is 0 Å². The second kappa shape index (κ2) is 7.95. The first kappa shape index (κ1) is 24.4. The predicted molar refractivity (Wildman–Crippen MR) is 108 cm³/mol. The fourth-order valence-corrected chi connectivity index (χ4v) is 3.60. The van der Waals surface area contributed by atoms with Crippen molar-refractivity contribution >= 4 is 11.9 Å². The highest BCUT2D eigenvalue weighted by Crippen LogP contribution is 2.53. The van der Waals surface area contributed by atoms with Gasteiger partial charge in [0.25, 0.3) is 5.97 Å². The molecular formula is C22H36O9. The van der Waals surface area contributed by atoms with Crippen LogP contribution in [-0.4, -0.2) is 67.4 Å². The van der Waals surface area contributed by atoms with Crippen molar-refractivity contribution in [3.63, 3.8) is 0 Å². The first-order valence-corrected chi connectivity index (χ1v) is 10.7. The van der Waals surface area contributed by atoms with Crippen LogP contribution in [0.1, 0.15) is 62.3 Å². The topological polar surface area (TPSA) is 98.8 Å². The lowest BCUT2D eigenvalue weighted by atomic mass is 9.90. The van der Waals surface area contributed by atoms with E-state index in [1.54, 1.807) is 41.5 Å². The van der Waals surface area contributed by atoms with Crippen LogP contribution in [-0.2, 0) is 42.7 Å². The smallest absolute Gasteiger partial charge is 0.332 e. The molecule has 0 spiro atoms. The van der Waals surface area contributed by atoms with Gasteiger partial charge in [0.2, 0.25) is 0 Å². The van der Waals surface area contributed by atoms with E-state index in [0.29, 0.717) is 0 Å². The Morgan fingerprint density at radius 3 is 2.06 bits per heavy atom. The number of hydrogen-bond acceptors (Lipinski definition) is 9. The molecule has 31 heavy (non-hydrogen) atoms. The van der Waals surface area contributed by atoms with Crippen LogP contribution in [0.2, 0.25) is 0 Å². The lowest BCUT2D eigenvalue weighted by molar-refractivity contribution is -0.429. The Labute approximate surface area is 184 Å². The van der Waals surface area contributed by atoms with Gasteiger partial charge in [0, 0.05) is 5.41 Å². The maximum atomic E-state index is 12.3. The summed E-state index contributed by atoms with van der Waals surface area (Å²) in [7, 11) is 0. The average Bonchev–Trinajstić information content (AvgIpc) is 2.80. The molecule has 3 bridgehead atoms. The molecule has 9 heteroatoms. The normalized spacial score (nSPS) is 35.2. The average molecular weight is 445 g/mol. The summed E-state index contributed by atoms with van der Waals surface area (Å²) in [6.07, 6.45) is -3.31. The van der Waals surface area contributed by atoms with Gasteiger partial charge < -0.3 is 28.4 Å². The van der Waals surface area contributed by atoms with Gasteiger partial charge in [0.05, 0.1) is 5.41 Å². The van der Waals surface area contributed by atoms with Gasteiger partial charge >= 0.3 is 11.9 Å². The zero-order chi connectivity index (χ0) is 23.4. The van der Waals surface area contributed by atoms with Crippen molar-refractivity contribution in [3.05, 3.63) is 0 Å². The van der Waals surface area contributed by atoms with Crippen molar-refractivity contribution in [2.75, 3.05) is 13.2 Å². The van der Waals surface area contributed by atoms with E-state index in [0.717, 1.165) is 0 Å². The van der Waals surface area contributed by atoms with Gasteiger partial charge in [0.1, 0.15) is 43.2 Å². The number of rotatable bonds is 5. The van der Waals surface area contributed by atoms with Gasteiger partial charge in [-0.3, -0.25) is 9.53 Å². The Hall–Kier alpha value is -1.26. The van der Waals surface area contributed by atoms with Crippen LogP contribution < -0.4 is 0 Å². The molecular weight excluding hydrogens is 408 g/mol. The van der Waals surface area contributed by atoms with E-state index >= 15 is 0 Å². The Morgan fingerprint density at radius 1 is 0.903 bits per heavy atom. The van der Waals surface area contributed by atoms with Crippen LogP contribution in [0.5, 0.6) is 0 Å². The van der Waals surface area contributed by atoms with Gasteiger partial charge in [-0.1, -0.05) is 20.8 Å². The first-order valence-electron chi connectivity index (χ1n) is 10.7. The third-order valence-corrected chi connectivity index (χ3v) is 5.17. The molecule has 0 aliphatic carbocycles. The molecule has 0 N–H and O–H groups in total. The molecule has 3 fully saturated rings. The monoisotopic (exact) mass is 444 g/mol. The molecule has 0 aromatic carbocycles. The van der Waals surface area contributed by atoms with E-state index in [-0.39, 0.29) is 19.2 Å². The standard InChI is InChI=1S/C22H36O9/c1-19(2,3)18(24)26-10-12-14-15(25-11-13(23)28-21(7,8)9)16-17(27-12)31-22(29-14,30-16)20(4,5)6/h12,14-17H,10-11H2,1-9H3/t12-,14-,15+,16-,17-,22?/m1/s1. The fraction of sp³-hybridized carbons (Fsp3) is 0.909. The van der Waals surface area contributed by atoms with Gasteiger partial charge in [-0.05, 0) is 41.5 Å². The third kappa shape index (κ3) is 5.06. The molecule has 0 amide bonds. The number of fused-ring (bicyclic) bond motifs is 2. The zero-order valence-electron chi connectivity index (χ0n) is 20.0. The Kier molecular flexibility index (Phi) is 6.25. The number of esters is 2. The minimum atomic E-state index is -1.32. The van der Waals surface area contributed by atoms with Crippen molar-refractivity contribution in [3.8, 4) is 0 Å². The highest BCUT2D eigenvalue weighted by Gasteiger charge is 2.69. The van der Waals surface area contributed by atoms with Gasteiger partial charge in [-0.25, -0.2) is 4.79 Å². The Morgan fingerprint density at radius 2 is 1.52 bits per heavy atom. The molecule has 3 saturated heterocycles. The molecule has 3 rings (SSSR count). The SMILES string of the molecule is CC(C)(C)OC(=O)CO[C@@H]1[C@H]2OC3(C(C)(C)C)O[C@H]2O[C@H](COC(=O)C(C)(C)C)[C@H]1O3. The summed E-state index contributed by atoms with van der Waals surface area (Å²) in [4.78, 5) is 24.4. The van der Waals surface area contributed by atoms with Crippen molar-refractivity contribution in [1.82, 2.24) is 0 Å². The highest BCUT2D eigenvalue weighted by atomic mass is 17.0. The summed E-state index contributed by atoms with van der Waals surface area (Å²) in [5.41, 5.74) is -1.79. The van der Waals surface area contributed by atoms with Crippen LogP contribution in [0.4, 0.5) is 0 Å². The maximum Gasteiger partial charge on any atom is 0.332 e. The summed E-state index contributed by atoms with van der Waals surface area (Å²) in [6.45, 7) is 16.2. The van der Waals surface area contributed by atoms with Crippen molar-refractivity contribution in [1.29, 1.82) is 0 Å². The van der Waals surface area contributed by atoms with E-state index in [9.17, 15) is 9.59 Å². The Bertz CT molecular complexity index is 699. The van der Waals surface area contributed by atoms with Crippen molar-refractivity contribution < 1.29 is 42.7 Å². The molecule has 0 aromatic rings. The van der Waals surface area contributed by atoms with Crippen molar-refractivity contribution in [2.24, 2.45) is 10.8 Å². The largest absolute Gasteiger partial charge is 0.462 e. The van der Waals surface area contributed by atoms with Gasteiger partial charge in [0.15, 0.2) is 6.29 Å². The molecule has 3 aliphatic heterocycles. The first-order chi connectivity index (χ1) is 14.0. The Balaban J connectivity index is 1.76. The van der Waals surface area contributed by atoms with Gasteiger partial charge in [-0.2, -0.15) is 0 Å². The van der Waals surface area contributed by atoms with Crippen LogP contribution in [0, 0.1) is 10.8 Å². The number of carbonyl (C=O) groups excluding carboxylic acids is 2. The number of ether oxygens (including phenoxy) is 7. The summed E-state index contributed by atoms with van der Waals surface area (Å²) in [5, 5.41) is 0. The van der Waals surface area contributed by atoms with Crippen molar-refractivity contribution in [2.45, 2.75) is 105 Å². The van der Waals surface area contributed by atoms with E-state index in [1.807, 2.05) is 20.8 Å². The second-order valence-electron chi connectivity index (χ2n) is 11.3. The molecule has 0 aromatic heterocycles. The summed E-state index contributed by atoms with van der Waals surface area (Å²) in [6, 6.07) is 0. The van der Waals surface area contributed by atoms with Gasteiger partial charge in [-0.15, -0.1) is 0 Å². The van der Waals surface area contributed by atoms with Crippen LogP contribution in [0.3, 0.4) is 0 Å². The lowest BCUT2D eigenvalue weighted by Crippen LogP contribution is -2.65. The van der Waals surface area contributed by atoms with E-state index in [1.165, 1.54) is 0 Å². The number of carbonyl (C=O) groups is 2. The molecule has 9 nitrogen and oxygen atoms in total. The quantitative estimate of drug-likeness (QED) is 0.592. The fourth-order valence-electron chi connectivity index (χ4n) is 3.60. The number of hydrogen-bond donors (Lipinski definition) is 0. The summed E-state index contributed by atoms with van der Waals surface area (Å²) in [5.74, 6) is -2.16. The molecule has 0 saturated carbocycles. The van der Waals surface area contributed by atoms with Crippen LogP contribution in [0.25, 0.3) is 0 Å². The van der Waals surface area contributed by atoms with Crippen LogP contribution in [0.15, 0.2) is 0 Å². The summed E-state index contributed by atoms with van der Waals surface area (Å²) < 4.78 is 41.1. The van der Waals surface area contributed by atoms with E-state index in [2.05, 4.69) is 0 Å². The van der Waals surface area contributed by atoms with E-state index in [4.69, 9.17) is 33.2 Å². The molecule has 178 valence electrons. The summed E-state index contributed by atoms with van der Waals surface area (Å²) >= 11 is 0. The maximum absolute atomic E-state index is 12.3. The predicted octanol–water partition coefficient (Wildman–Crippen LogP) is 2.54. The van der Waals surface area contributed by atoms with E-state index < -0.39 is 59.1 Å².